The van der Waals surface area contributed by atoms with E-state index in [1.165, 1.54) is 4.90 Å². The van der Waals surface area contributed by atoms with E-state index in [4.69, 9.17) is 5.11 Å². The first-order valence-electron chi connectivity index (χ1n) is 6.36. The number of amides is 2. The van der Waals surface area contributed by atoms with Gasteiger partial charge in [-0.25, -0.2) is 4.79 Å². The van der Waals surface area contributed by atoms with Gasteiger partial charge < -0.3 is 15.3 Å². The fraction of sp³-hybridized carbons (Fsp3) is 0.429. The number of aliphatic carboxylic acids is 1. The van der Waals surface area contributed by atoms with Crippen LogP contribution in [-0.2, 0) is 11.2 Å². The molecule has 0 aliphatic carbocycles. The molecule has 5 nitrogen and oxygen atoms in total. The number of nitrogens with one attached hydrogen (secondary N) is 1. The SMILES string of the molecule is CC(CN(C)C(=O)NCCc1cccc(Br)c1)C(=O)O. The Balaban J connectivity index is 2.34. The molecule has 0 aliphatic heterocycles. The summed E-state index contributed by atoms with van der Waals surface area (Å²) in [6.07, 6.45) is 0.730. The van der Waals surface area contributed by atoms with Crippen LogP contribution in [0.4, 0.5) is 4.79 Å². The highest BCUT2D eigenvalue weighted by Crippen LogP contribution is 2.11. The normalized spacial score (nSPS) is 11.8. The molecule has 1 aromatic carbocycles. The van der Waals surface area contributed by atoms with E-state index in [-0.39, 0.29) is 12.6 Å². The Morgan fingerprint density at radius 2 is 2.15 bits per heavy atom. The van der Waals surface area contributed by atoms with Crippen molar-refractivity contribution in [3.8, 4) is 0 Å². The van der Waals surface area contributed by atoms with Crippen LogP contribution in [-0.4, -0.2) is 42.1 Å². The molecular weight excluding hydrogens is 324 g/mol. The maximum Gasteiger partial charge on any atom is 0.317 e. The van der Waals surface area contributed by atoms with Gasteiger partial charge in [-0.3, -0.25) is 4.79 Å². The minimum Gasteiger partial charge on any atom is -0.481 e. The molecule has 0 saturated heterocycles. The Hall–Kier alpha value is -1.56. The van der Waals surface area contributed by atoms with Crippen LogP contribution in [0.3, 0.4) is 0 Å². The number of carboxylic acids is 1. The first-order valence-corrected chi connectivity index (χ1v) is 7.15. The van der Waals surface area contributed by atoms with E-state index in [0.29, 0.717) is 6.54 Å². The standard InChI is InChI=1S/C14H19BrN2O3/c1-10(13(18)19)9-17(2)14(20)16-7-6-11-4-3-5-12(15)8-11/h3-5,8,10H,6-7,9H2,1-2H3,(H,16,20)(H,18,19). The van der Waals surface area contributed by atoms with E-state index in [0.717, 1.165) is 16.5 Å². The highest BCUT2D eigenvalue weighted by molar-refractivity contribution is 9.10. The molecule has 6 heteroatoms. The number of hydrogen-bond donors (Lipinski definition) is 2. The highest BCUT2D eigenvalue weighted by Gasteiger charge is 2.16. The summed E-state index contributed by atoms with van der Waals surface area (Å²) in [4.78, 5) is 23.9. The number of hydrogen-bond acceptors (Lipinski definition) is 2. The quantitative estimate of drug-likeness (QED) is 0.833. The molecule has 0 bridgehead atoms. The van der Waals surface area contributed by atoms with Crippen LogP contribution < -0.4 is 5.32 Å². The molecule has 0 heterocycles. The van der Waals surface area contributed by atoms with Crippen molar-refractivity contribution in [2.75, 3.05) is 20.1 Å². The van der Waals surface area contributed by atoms with Gasteiger partial charge in [0.2, 0.25) is 0 Å². The minimum absolute atomic E-state index is 0.193. The molecule has 1 atom stereocenters. The van der Waals surface area contributed by atoms with Crippen LogP contribution in [0.1, 0.15) is 12.5 Å². The Morgan fingerprint density at radius 3 is 2.75 bits per heavy atom. The lowest BCUT2D eigenvalue weighted by Crippen LogP contribution is -2.41. The molecule has 1 aromatic rings. The summed E-state index contributed by atoms with van der Waals surface area (Å²) in [6.45, 7) is 2.28. The van der Waals surface area contributed by atoms with Crippen molar-refractivity contribution in [2.24, 2.45) is 5.92 Å². The topological polar surface area (TPSA) is 69.6 Å². The smallest absolute Gasteiger partial charge is 0.317 e. The Bertz CT molecular complexity index is 479. The molecule has 110 valence electrons. The predicted molar refractivity (Wildman–Crippen MR) is 80.7 cm³/mol. The monoisotopic (exact) mass is 342 g/mol. The number of nitrogens with zero attached hydrogens (tertiary/aromatic N) is 1. The van der Waals surface area contributed by atoms with Gasteiger partial charge in [-0.05, 0) is 24.1 Å². The summed E-state index contributed by atoms with van der Waals surface area (Å²) in [6, 6.07) is 7.63. The van der Waals surface area contributed by atoms with Crippen molar-refractivity contribution in [3.05, 3.63) is 34.3 Å². The third-order valence-corrected chi connectivity index (χ3v) is 3.39. The molecule has 0 spiro atoms. The number of carbonyl (C=O) groups is 2. The number of carboxylic acid groups (broad SMARTS) is 1. The molecule has 2 amide bonds. The number of urea groups is 1. The van der Waals surface area contributed by atoms with E-state index < -0.39 is 11.9 Å². The van der Waals surface area contributed by atoms with Gasteiger partial charge in [0.05, 0.1) is 5.92 Å². The van der Waals surface area contributed by atoms with Gasteiger partial charge in [-0.15, -0.1) is 0 Å². The lowest BCUT2D eigenvalue weighted by Gasteiger charge is -2.20. The fourth-order valence-corrected chi connectivity index (χ4v) is 2.16. The maximum atomic E-state index is 11.8. The summed E-state index contributed by atoms with van der Waals surface area (Å²) in [5.41, 5.74) is 1.13. The average Bonchev–Trinajstić information content (AvgIpc) is 2.38. The zero-order chi connectivity index (χ0) is 15.1. The van der Waals surface area contributed by atoms with E-state index in [2.05, 4.69) is 21.2 Å². The molecule has 2 N–H and O–H groups in total. The second kappa shape index (κ2) is 7.89. The zero-order valence-electron chi connectivity index (χ0n) is 11.6. The van der Waals surface area contributed by atoms with Gasteiger partial charge in [0.15, 0.2) is 0 Å². The van der Waals surface area contributed by atoms with Gasteiger partial charge in [0.25, 0.3) is 0 Å². The molecule has 0 aromatic heterocycles. The second-order valence-electron chi connectivity index (χ2n) is 4.73. The Morgan fingerprint density at radius 1 is 1.45 bits per heavy atom. The molecule has 1 unspecified atom stereocenters. The predicted octanol–water partition coefficient (Wildman–Crippen LogP) is 2.35. The lowest BCUT2D eigenvalue weighted by molar-refractivity contribution is -0.141. The summed E-state index contributed by atoms with van der Waals surface area (Å²) < 4.78 is 1.01. The molecule has 20 heavy (non-hydrogen) atoms. The third kappa shape index (κ3) is 5.61. The summed E-state index contributed by atoms with van der Waals surface area (Å²) in [5, 5.41) is 11.6. The van der Waals surface area contributed by atoms with Crippen molar-refractivity contribution < 1.29 is 14.7 Å². The van der Waals surface area contributed by atoms with Crippen molar-refractivity contribution in [1.29, 1.82) is 0 Å². The molecule has 0 aliphatic rings. The molecule has 1 rings (SSSR count). The van der Waals surface area contributed by atoms with E-state index in [1.54, 1.807) is 14.0 Å². The maximum absolute atomic E-state index is 11.8. The number of halogens is 1. The van der Waals surface area contributed by atoms with Gasteiger partial charge in [-0.2, -0.15) is 0 Å². The summed E-state index contributed by atoms with van der Waals surface area (Å²) >= 11 is 3.40. The highest BCUT2D eigenvalue weighted by atomic mass is 79.9. The van der Waals surface area contributed by atoms with Crippen molar-refractivity contribution in [2.45, 2.75) is 13.3 Å². The number of benzene rings is 1. The van der Waals surface area contributed by atoms with Crippen LogP contribution in [0, 0.1) is 5.92 Å². The Labute approximate surface area is 127 Å². The largest absolute Gasteiger partial charge is 0.481 e. The van der Waals surface area contributed by atoms with Crippen molar-refractivity contribution in [1.82, 2.24) is 10.2 Å². The molecule has 0 fully saturated rings. The van der Waals surface area contributed by atoms with Gasteiger partial charge in [0, 0.05) is 24.6 Å². The summed E-state index contributed by atoms with van der Waals surface area (Å²) in [7, 11) is 1.59. The van der Waals surface area contributed by atoms with Crippen LogP contribution in [0.2, 0.25) is 0 Å². The number of rotatable bonds is 6. The molecular formula is C14H19BrN2O3. The second-order valence-corrected chi connectivity index (χ2v) is 5.65. The average molecular weight is 343 g/mol. The van der Waals surface area contributed by atoms with Gasteiger partial charge >= 0.3 is 12.0 Å². The van der Waals surface area contributed by atoms with E-state index >= 15 is 0 Å². The van der Waals surface area contributed by atoms with Gasteiger partial charge in [0.1, 0.15) is 0 Å². The number of carbonyl (C=O) groups excluding carboxylic acids is 1. The van der Waals surface area contributed by atoms with Crippen LogP contribution in [0.25, 0.3) is 0 Å². The van der Waals surface area contributed by atoms with Crippen LogP contribution >= 0.6 is 15.9 Å². The summed E-state index contributed by atoms with van der Waals surface area (Å²) in [5.74, 6) is -1.48. The van der Waals surface area contributed by atoms with Crippen LogP contribution in [0.15, 0.2) is 28.7 Å². The van der Waals surface area contributed by atoms with E-state index in [1.807, 2.05) is 24.3 Å². The lowest BCUT2D eigenvalue weighted by atomic mass is 10.1. The van der Waals surface area contributed by atoms with Crippen LogP contribution in [0.5, 0.6) is 0 Å². The minimum atomic E-state index is -0.904. The van der Waals surface area contributed by atoms with Crippen molar-refractivity contribution in [3.63, 3.8) is 0 Å². The molecule has 0 radical (unpaired) electrons. The van der Waals surface area contributed by atoms with Gasteiger partial charge in [-0.1, -0.05) is 35.0 Å². The first kappa shape index (κ1) is 16.5. The Kier molecular flexibility index (Phi) is 6.51. The molecule has 0 saturated carbocycles. The zero-order valence-corrected chi connectivity index (χ0v) is 13.2. The third-order valence-electron chi connectivity index (χ3n) is 2.89. The fourth-order valence-electron chi connectivity index (χ4n) is 1.71. The first-order chi connectivity index (χ1) is 9.40. The van der Waals surface area contributed by atoms with E-state index in [9.17, 15) is 9.59 Å². The van der Waals surface area contributed by atoms with Crippen molar-refractivity contribution >= 4 is 27.9 Å².